The van der Waals surface area contributed by atoms with Crippen molar-refractivity contribution >= 4 is 46.2 Å². The lowest BCUT2D eigenvalue weighted by Crippen LogP contribution is -2.58. The summed E-state index contributed by atoms with van der Waals surface area (Å²) in [6, 6.07) is 15.5. The van der Waals surface area contributed by atoms with E-state index in [0.29, 0.717) is 24.9 Å². The lowest BCUT2D eigenvalue weighted by atomic mass is 9.66. The van der Waals surface area contributed by atoms with E-state index >= 15 is 0 Å². The van der Waals surface area contributed by atoms with Gasteiger partial charge in [0.25, 0.3) is 0 Å². The molecule has 242 valence electrons. The highest BCUT2D eigenvalue weighted by atomic mass is 32.2. The van der Waals surface area contributed by atoms with Gasteiger partial charge < -0.3 is 19.8 Å². The van der Waals surface area contributed by atoms with Gasteiger partial charge in [-0.3, -0.25) is 14.4 Å². The number of anilines is 1. The summed E-state index contributed by atoms with van der Waals surface area (Å²) in [5.41, 5.74) is 2.24. The maximum Gasteiger partial charge on any atom is 0.248 e. The zero-order valence-electron chi connectivity index (χ0n) is 26.7. The Hall–Kier alpha value is -3.96. The first kappa shape index (κ1) is 32.0. The third kappa shape index (κ3) is 4.95. The Bertz CT molecular complexity index is 1660. The van der Waals surface area contributed by atoms with E-state index in [1.165, 1.54) is 0 Å². The van der Waals surface area contributed by atoms with E-state index in [1.54, 1.807) is 43.3 Å². The molecule has 1 spiro atoms. The molecule has 3 aliphatic heterocycles. The van der Waals surface area contributed by atoms with Gasteiger partial charge in [0.1, 0.15) is 18.2 Å². The van der Waals surface area contributed by atoms with Crippen molar-refractivity contribution in [2.24, 2.45) is 17.8 Å². The van der Waals surface area contributed by atoms with Gasteiger partial charge in [0, 0.05) is 23.5 Å². The fourth-order valence-corrected chi connectivity index (χ4v) is 10.3. The molecular formula is C35H42N6O4S. The van der Waals surface area contributed by atoms with Crippen LogP contribution in [-0.4, -0.2) is 88.9 Å². The average molecular weight is 643 g/mol. The molecule has 6 atom stereocenters. The van der Waals surface area contributed by atoms with E-state index in [0.717, 1.165) is 11.2 Å². The van der Waals surface area contributed by atoms with Crippen LogP contribution in [0.25, 0.3) is 11.0 Å². The standard InChI is InChI=1S/C35H42N6O4S/c1-6-19-38(22-40-26-16-12-11-15-25(26)36-37-40)33(45)30-35-18-17-34(5,46-35)28(29(35)32(44)41(30)27(21-42)23(3)4)31(43)39(20-7-2)24-13-9-8-10-14-24/h6-16,23,27-30,42H,1-2,17-22H2,3-5H3/t27-,28+,29-,30?,34-,35?/m0/s1. The minimum Gasteiger partial charge on any atom is -0.394 e. The van der Waals surface area contributed by atoms with Crippen molar-refractivity contribution in [3.05, 3.63) is 79.9 Å². The molecule has 10 nitrogen and oxygen atoms in total. The van der Waals surface area contributed by atoms with Crippen molar-refractivity contribution in [1.29, 1.82) is 0 Å². The number of fused-ring (bicyclic) bond motifs is 2. The highest BCUT2D eigenvalue weighted by molar-refractivity contribution is 8.02. The van der Waals surface area contributed by atoms with Gasteiger partial charge in [-0.1, -0.05) is 61.5 Å². The molecule has 11 heteroatoms. The van der Waals surface area contributed by atoms with Crippen molar-refractivity contribution < 1.29 is 19.5 Å². The molecule has 0 aliphatic carbocycles. The zero-order valence-corrected chi connectivity index (χ0v) is 27.5. The summed E-state index contributed by atoms with van der Waals surface area (Å²) in [6.07, 6.45) is 4.66. The van der Waals surface area contributed by atoms with E-state index in [4.69, 9.17) is 0 Å². The number of benzene rings is 2. The molecule has 0 radical (unpaired) electrons. The first-order chi connectivity index (χ1) is 22.1. The molecule has 3 aromatic rings. The van der Waals surface area contributed by atoms with Gasteiger partial charge in [-0.2, -0.15) is 0 Å². The van der Waals surface area contributed by atoms with E-state index in [1.807, 2.05) is 68.4 Å². The molecule has 2 aromatic carbocycles. The molecule has 6 rings (SSSR count). The molecule has 3 aliphatic rings. The van der Waals surface area contributed by atoms with Gasteiger partial charge in [-0.15, -0.1) is 30.0 Å². The maximum atomic E-state index is 15.0. The number of rotatable bonds is 12. The SMILES string of the molecule is C=CCN(Cn1nnc2ccccc21)C(=O)C1N([C@@H](CO)C(C)C)C(=O)[C@@H]2[C@H](C(=O)N(CC=C)c3ccccc3)[C@]3(C)CCC12S3. The Balaban J connectivity index is 1.44. The van der Waals surface area contributed by atoms with Crippen LogP contribution in [0.5, 0.6) is 0 Å². The van der Waals surface area contributed by atoms with Gasteiger partial charge in [0.15, 0.2) is 0 Å². The fraction of sp³-hybridized carbons (Fsp3) is 0.457. The summed E-state index contributed by atoms with van der Waals surface area (Å²) in [4.78, 5) is 49.5. The predicted molar refractivity (Wildman–Crippen MR) is 180 cm³/mol. The van der Waals surface area contributed by atoms with Crippen LogP contribution in [0, 0.1) is 17.8 Å². The molecule has 1 aromatic heterocycles. The molecule has 4 heterocycles. The average Bonchev–Trinajstić information content (AvgIpc) is 3.75. The number of amides is 3. The van der Waals surface area contributed by atoms with Gasteiger partial charge in [-0.05, 0) is 49.9 Å². The van der Waals surface area contributed by atoms with Crippen LogP contribution < -0.4 is 4.90 Å². The van der Waals surface area contributed by atoms with Crippen molar-refractivity contribution in [2.45, 2.75) is 61.9 Å². The second-order valence-corrected chi connectivity index (χ2v) is 15.0. The van der Waals surface area contributed by atoms with Crippen LogP contribution >= 0.6 is 11.8 Å². The van der Waals surface area contributed by atoms with Gasteiger partial charge >= 0.3 is 0 Å². The van der Waals surface area contributed by atoms with Crippen LogP contribution in [-0.2, 0) is 21.1 Å². The molecule has 3 fully saturated rings. The Morgan fingerprint density at radius 3 is 2.43 bits per heavy atom. The van der Waals surface area contributed by atoms with E-state index in [9.17, 15) is 19.5 Å². The summed E-state index contributed by atoms with van der Waals surface area (Å²) >= 11 is 1.62. The lowest BCUT2D eigenvalue weighted by molar-refractivity contribution is -0.147. The number of likely N-dealkylation sites (tertiary alicyclic amines) is 1. The largest absolute Gasteiger partial charge is 0.394 e. The molecule has 0 saturated carbocycles. The van der Waals surface area contributed by atoms with Gasteiger partial charge in [-0.25, -0.2) is 4.68 Å². The first-order valence-corrected chi connectivity index (χ1v) is 16.7. The quantitative estimate of drug-likeness (QED) is 0.296. The smallest absolute Gasteiger partial charge is 0.248 e. The number of hydrogen-bond donors (Lipinski definition) is 1. The second kappa shape index (κ2) is 12.3. The molecule has 46 heavy (non-hydrogen) atoms. The Labute approximate surface area is 274 Å². The zero-order chi connectivity index (χ0) is 32.8. The number of aliphatic hydroxyl groups is 1. The van der Waals surface area contributed by atoms with E-state index in [2.05, 4.69) is 30.4 Å². The third-order valence-corrected chi connectivity index (χ3v) is 12.0. The van der Waals surface area contributed by atoms with Gasteiger partial charge in [0.2, 0.25) is 17.7 Å². The van der Waals surface area contributed by atoms with Crippen LogP contribution in [0.3, 0.4) is 0 Å². The number of aliphatic hydroxyl groups excluding tert-OH is 1. The van der Waals surface area contributed by atoms with Crippen molar-refractivity contribution in [2.75, 3.05) is 24.6 Å². The van der Waals surface area contributed by atoms with Crippen LogP contribution in [0.4, 0.5) is 5.69 Å². The monoisotopic (exact) mass is 642 g/mol. The topological polar surface area (TPSA) is 112 Å². The number of aromatic nitrogens is 3. The summed E-state index contributed by atoms with van der Waals surface area (Å²) in [5.74, 6) is -2.13. The third-order valence-electron chi connectivity index (χ3n) is 10.1. The molecule has 1 N–H and O–H groups in total. The normalized spacial score (nSPS) is 27.2. The first-order valence-electron chi connectivity index (χ1n) is 15.9. The summed E-state index contributed by atoms with van der Waals surface area (Å²) in [7, 11) is 0. The number of carbonyl (C=O) groups is 3. The number of thioether (sulfide) groups is 1. The molecule has 3 amide bonds. The molecular weight excluding hydrogens is 600 g/mol. The summed E-state index contributed by atoms with van der Waals surface area (Å²) < 4.78 is 0.291. The highest BCUT2D eigenvalue weighted by Crippen LogP contribution is 2.72. The van der Waals surface area contributed by atoms with Crippen molar-refractivity contribution in [3.8, 4) is 0 Å². The van der Waals surface area contributed by atoms with Crippen molar-refractivity contribution in [3.63, 3.8) is 0 Å². The van der Waals surface area contributed by atoms with Crippen molar-refractivity contribution in [1.82, 2.24) is 24.8 Å². The summed E-state index contributed by atoms with van der Waals surface area (Å²) in [5, 5.41) is 19.2. The number of hydrogen-bond acceptors (Lipinski definition) is 7. The number of carbonyl (C=O) groups excluding carboxylic acids is 3. The molecule has 2 unspecified atom stereocenters. The van der Waals surface area contributed by atoms with Crippen LogP contribution in [0.15, 0.2) is 79.9 Å². The van der Waals surface area contributed by atoms with E-state index < -0.39 is 33.4 Å². The van der Waals surface area contributed by atoms with Gasteiger partial charge in [0.05, 0.1) is 34.7 Å². The highest BCUT2D eigenvalue weighted by Gasteiger charge is 2.78. The number of para-hydroxylation sites is 2. The minimum absolute atomic E-state index is 0.113. The predicted octanol–water partition coefficient (Wildman–Crippen LogP) is 4.12. The Morgan fingerprint density at radius 2 is 1.76 bits per heavy atom. The Kier molecular flexibility index (Phi) is 8.58. The number of nitrogens with zero attached hydrogens (tertiary/aromatic N) is 6. The Morgan fingerprint density at radius 1 is 1.07 bits per heavy atom. The minimum atomic E-state index is -0.881. The van der Waals surface area contributed by atoms with E-state index in [-0.39, 0.29) is 43.5 Å². The molecule has 3 saturated heterocycles. The van der Waals surface area contributed by atoms with Crippen LogP contribution in [0.1, 0.15) is 33.6 Å². The second-order valence-electron chi connectivity index (χ2n) is 13.1. The lowest BCUT2D eigenvalue weighted by Gasteiger charge is -2.40. The van der Waals surface area contributed by atoms with Crippen LogP contribution in [0.2, 0.25) is 0 Å². The summed E-state index contributed by atoms with van der Waals surface area (Å²) in [6.45, 7) is 14.1. The fourth-order valence-electron chi connectivity index (χ4n) is 7.95. The maximum absolute atomic E-state index is 15.0. The molecule has 2 bridgehead atoms.